The Balaban J connectivity index is 1.68. The van der Waals surface area contributed by atoms with E-state index in [-0.39, 0.29) is 6.42 Å². The normalized spacial score (nSPS) is 15.1. The lowest BCUT2D eigenvalue weighted by atomic mass is 10.1. The number of fused-ring (bicyclic) bond motifs is 1. The first kappa shape index (κ1) is 15.1. The molecule has 5 nitrogen and oxygen atoms in total. The fourth-order valence-electron chi connectivity index (χ4n) is 2.56. The molecule has 1 aromatic carbocycles. The van der Waals surface area contributed by atoms with Crippen molar-refractivity contribution >= 4 is 40.1 Å². The molecule has 1 aliphatic rings. The third-order valence-corrected chi connectivity index (χ3v) is 4.99. The number of nitrogens with zero attached hydrogens (tertiary/aromatic N) is 2. The Labute approximate surface area is 142 Å². The standard InChI is InChI=1S/C18H16N2O3S/c21-16(22)8-7-12(9-13-10-24-18(19-13)11-5-6-11)17-20-14-3-1-2-4-15(14)23-17/h1-4,9-11H,5-8H2,(H,21,22)/b12-9+. The molecule has 1 aliphatic carbocycles. The second-order valence-corrected chi connectivity index (χ2v) is 6.82. The van der Waals surface area contributed by atoms with E-state index in [0.717, 1.165) is 21.8 Å². The number of para-hydroxylation sites is 2. The van der Waals surface area contributed by atoms with Gasteiger partial charge in [0.25, 0.3) is 0 Å². The van der Waals surface area contributed by atoms with E-state index in [4.69, 9.17) is 9.52 Å². The first-order valence-electron chi connectivity index (χ1n) is 7.93. The van der Waals surface area contributed by atoms with Gasteiger partial charge < -0.3 is 9.52 Å². The molecule has 24 heavy (non-hydrogen) atoms. The second-order valence-electron chi connectivity index (χ2n) is 5.93. The Morgan fingerprint density at radius 2 is 2.12 bits per heavy atom. The summed E-state index contributed by atoms with van der Waals surface area (Å²) in [4.78, 5) is 20.1. The lowest BCUT2D eigenvalue weighted by Gasteiger charge is -2.00. The molecule has 0 amide bonds. The summed E-state index contributed by atoms with van der Waals surface area (Å²) in [6.45, 7) is 0. The van der Waals surface area contributed by atoms with Crippen molar-refractivity contribution in [3.05, 3.63) is 46.2 Å². The number of thiazole rings is 1. The van der Waals surface area contributed by atoms with Crippen LogP contribution in [0.3, 0.4) is 0 Å². The molecule has 0 unspecified atom stereocenters. The van der Waals surface area contributed by atoms with Crippen LogP contribution in [-0.4, -0.2) is 21.0 Å². The van der Waals surface area contributed by atoms with Crippen molar-refractivity contribution in [2.45, 2.75) is 31.6 Å². The highest BCUT2D eigenvalue weighted by atomic mass is 32.1. The van der Waals surface area contributed by atoms with Crippen LogP contribution in [0.4, 0.5) is 0 Å². The largest absolute Gasteiger partial charge is 0.481 e. The number of carboxylic acid groups (broad SMARTS) is 1. The molecule has 0 radical (unpaired) electrons. The minimum atomic E-state index is -0.839. The maximum atomic E-state index is 11.0. The molecule has 1 saturated carbocycles. The summed E-state index contributed by atoms with van der Waals surface area (Å²) in [7, 11) is 0. The van der Waals surface area contributed by atoms with Crippen LogP contribution in [-0.2, 0) is 4.79 Å². The summed E-state index contributed by atoms with van der Waals surface area (Å²) in [5, 5.41) is 12.2. The van der Waals surface area contributed by atoms with Crippen LogP contribution >= 0.6 is 11.3 Å². The third-order valence-electron chi connectivity index (χ3n) is 3.97. The zero-order valence-corrected chi connectivity index (χ0v) is 13.8. The van der Waals surface area contributed by atoms with E-state index in [1.54, 1.807) is 11.3 Å². The van der Waals surface area contributed by atoms with E-state index in [0.29, 0.717) is 23.8 Å². The van der Waals surface area contributed by atoms with Gasteiger partial charge in [0.15, 0.2) is 5.58 Å². The zero-order valence-electron chi connectivity index (χ0n) is 12.9. The molecule has 1 fully saturated rings. The fourth-order valence-corrected chi connectivity index (χ4v) is 3.50. The van der Waals surface area contributed by atoms with Crippen LogP contribution in [0.25, 0.3) is 22.7 Å². The lowest BCUT2D eigenvalue weighted by molar-refractivity contribution is -0.136. The van der Waals surface area contributed by atoms with Gasteiger partial charge in [-0.25, -0.2) is 9.97 Å². The van der Waals surface area contributed by atoms with Gasteiger partial charge >= 0.3 is 5.97 Å². The van der Waals surface area contributed by atoms with E-state index in [1.807, 2.05) is 35.7 Å². The van der Waals surface area contributed by atoms with Gasteiger partial charge in [0.05, 0.1) is 10.7 Å². The third kappa shape index (κ3) is 3.23. The van der Waals surface area contributed by atoms with E-state index in [2.05, 4.69) is 9.97 Å². The number of hydrogen-bond acceptors (Lipinski definition) is 5. The molecular formula is C18H16N2O3S. The first-order valence-corrected chi connectivity index (χ1v) is 8.81. The molecule has 0 atom stereocenters. The van der Waals surface area contributed by atoms with Crippen molar-refractivity contribution in [3.63, 3.8) is 0 Å². The number of hydrogen-bond donors (Lipinski definition) is 1. The highest BCUT2D eigenvalue weighted by molar-refractivity contribution is 7.09. The van der Waals surface area contributed by atoms with Crippen molar-refractivity contribution in [2.75, 3.05) is 0 Å². The summed E-state index contributed by atoms with van der Waals surface area (Å²) < 4.78 is 5.80. The molecule has 122 valence electrons. The van der Waals surface area contributed by atoms with E-state index in [9.17, 15) is 4.79 Å². The van der Waals surface area contributed by atoms with E-state index in [1.165, 1.54) is 12.8 Å². The minimum absolute atomic E-state index is 0.0319. The van der Waals surface area contributed by atoms with Gasteiger partial charge in [0.2, 0.25) is 5.89 Å². The van der Waals surface area contributed by atoms with Gasteiger partial charge in [-0.2, -0.15) is 0 Å². The predicted molar refractivity (Wildman–Crippen MR) is 92.8 cm³/mol. The van der Waals surface area contributed by atoms with Gasteiger partial charge in [-0.05, 0) is 37.5 Å². The van der Waals surface area contributed by atoms with Crippen LogP contribution < -0.4 is 0 Å². The lowest BCUT2D eigenvalue weighted by Crippen LogP contribution is -1.96. The summed E-state index contributed by atoms with van der Waals surface area (Å²) in [5.74, 6) is 0.247. The molecule has 0 bridgehead atoms. The first-order chi connectivity index (χ1) is 11.7. The topological polar surface area (TPSA) is 76.2 Å². The van der Waals surface area contributed by atoms with Gasteiger partial charge in [-0.15, -0.1) is 11.3 Å². The van der Waals surface area contributed by atoms with Crippen LogP contribution in [0.1, 0.15) is 48.2 Å². The van der Waals surface area contributed by atoms with Gasteiger partial charge in [-0.3, -0.25) is 4.79 Å². The number of aliphatic carboxylic acids is 1. The number of allylic oxidation sites excluding steroid dienone is 1. The van der Waals surface area contributed by atoms with Crippen LogP contribution in [0.2, 0.25) is 0 Å². The number of oxazole rings is 1. The molecule has 6 heteroatoms. The van der Waals surface area contributed by atoms with Crippen molar-refractivity contribution in [3.8, 4) is 0 Å². The maximum Gasteiger partial charge on any atom is 0.303 e. The van der Waals surface area contributed by atoms with Crippen LogP contribution in [0.5, 0.6) is 0 Å². The monoisotopic (exact) mass is 340 g/mol. The van der Waals surface area contributed by atoms with Crippen LogP contribution in [0.15, 0.2) is 34.1 Å². The fraction of sp³-hybridized carbons (Fsp3) is 0.278. The molecule has 0 aliphatic heterocycles. The average Bonchev–Trinajstić information content (AvgIpc) is 3.16. The molecule has 0 saturated heterocycles. The smallest absolute Gasteiger partial charge is 0.303 e. The van der Waals surface area contributed by atoms with Crippen molar-refractivity contribution < 1.29 is 14.3 Å². The summed E-state index contributed by atoms with van der Waals surface area (Å²) in [6, 6.07) is 7.53. The van der Waals surface area contributed by atoms with Gasteiger partial charge in [-0.1, -0.05) is 12.1 Å². The molecule has 2 aromatic heterocycles. The SMILES string of the molecule is O=C(O)CC/C(=C\c1csc(C2CC2)n1)c1nc2ccccc2o1. The van der Waals surface area contributed by atoms with E-state index < -0.39 is 5.97 Å². The number of carboxylic acids is 1. The van der Waals surface area contributed by atoms with Crippen molar-refractivity contribution in [1.29, 1.82) is 0 Å². The molecular weight excluding hydrogens is 324 g/mol. The van der Waals surface area contributed by atoms with Gasteiger partial charge in [0, 0.05) is 23.3 Å². The second kappa shape index (κ2) is 6.20. The Morgan fingerprint density at radius 3 is 2.88 bits per heavy atom. The summed E-state index contributed by atoms with van der Waals surface area (Å²) in [6.07, 6.45) is 4.72. The minimum Gasteiger partial charge on any atom is -0.481 e. The van der Waals surface area contributed by atoms with Crippen molar-refractivity contribution in [2.24, 2.45) is 0 Å². The quantitative estimate of drug-likeness (QED) is 0.711. The van der Waals surface area contributed by atoms with E-state index >= 15 is 0 Å². The maximum absolute atomic E-state index is 11.0. The molecule has 4 rings (SSSR count). The number of benzene rings is 1. The molecule has 2 heterocycles. The Morgan fingerprint density at radius 1 is 1.29 bits per heavy atom. The number of aromatic nitrogens is 2. The van der Waals surface area contributed by atoms with Gasteiger partial charge in [0.1, 0.15) is 5.52 Å². The number of carbonyl (C=O) groups is 1. The number of rotatable bonds is 6. The Bertz CT molecular complexity index is 888. The summed E-state index contributed by atoms with van der Waals surface area (Å²) >= 11 is 1.66. The summed E-state index contributed by atoms with van der Waals surface area (Å²) in [5.41, 5.74) is 3.09. The molecule has 0 spiro atoms. The highest BCUT2D eigenvalue weighted by Gasteiger charge is 2.26. The molecule has 3 aromatic rings. The zero-order chi connectivity index (χ0) is 16.5. The Kier molecular flexibility index (Phi) is 3.90. The highest BCUT2D eigenvalue weighted by Crippen LogP contribution is 2.41. The average molecular weight is 340 g/mol. The molecule has 1 N–H and O–H groups in total. The predicted octanol–water partition coefficient (Wildman–Crippen LogP) is 4.57. The Hall–Kier alpha value is -2.47. The van der Waals surface area contributed by atoms with Crippen LogP contribution in [0, 0.1) is 0 Å². The van der Waals surface area contributed by atoms with Crippen molar-refractivity contribution in [1.82, 2.24) is 9.97 Å².